The molecule has 0 saturated carbocycles. The second-order valence-electron chi connectivity index (χ2n) is 9.11. The number of anilines is 3. The Morgan fingerprint density at radius 1 is 0.889 bits per heavy atom. The summed E-state index contributed by atoms with van der Waals surface area (Å²) >= 11 is 0. The van der Waals surface area contributed by atoms with Crippen molar-refractivity contribution < 1.29 is 4.74 Å². The highest BCUT2D eigenvalue weighted by molar-refractivity contribution is 5.86. The van der Waals surface area contributed by atoms with Crippen LogP contribution in [0.2, 0.25) is 0 Å². The lowest BCUT2D eigenvalue weighted by molar-refractivity contribution is 0.122. The molecule has 3 aromatic heterocycles. The number of aromatic nitrogens is 6. The summed E-state index contributed by atoms with van der Waals surface area (Å²) in [5, 5.41) is 9.19. The van der Waals surface area contributed by atoms with Gasteiger partial charge in [-0.05, 0) is 25.1 Å². The Morgan fingerprint density at radius 3 is 2.42 bits per heavy atom. The van der Waals surface area contributed by atoms with Crippen molar-refractivity contribution in [2.45, 2.75) is 6.92 Å². The Balaban J connectivity index is 1.36. The Labute approximate surface area is 209 Å². The van der Waals surface area contributed by atoms with Gasteiger partial charge < -0.3 is 19.5 Å². The molecule has 9 heteroatoms. The lowest BCUT2D eigenvalue weighted by Gasteiger charge is -2.27. The summed E-state index contributed by atoms with van der Waals surface area (Å²) in [5.41, 5.74) is 6.95. The van der Waals surface area contributed by atoms with E-state index in [0.717, 1.165) is 63.7 Å². The van der Waals surface area contributed by atoms with E-state index in [4.69, 9.17) is 14.7 Å². The molecular formula is C27H28N8O. The summed E-state index contributed by atoms with van der Waals surface area (Å²) in [4.78, 5) is 16.4. The number of nitrogens with zero attached hydrogens (tertiary/aromatic N) is 7. The number of hydrogen-bond donors (Lipinski definition) is 1. The van der Waals surface area contributed by atoms with E-state index in [0.29, 0.717) is 19.2 Å². The average molecular weight is 481 g/mol. The molecule has 1 N–H and O–H groups in total. The second kappa shape index (κ2) is 9.09. The van der Waals surface area contributed by atoms with Gasteiger partial charge in [-0.15, -0.1) is 0 Å². The first-order valence-corrected chi connectivity index (χ1v) is 12.0. The van der Waals surface area contributed by atoms with Crippen molar-refractivity contribution in [1.82, 2.24) is 29.3 Å². The molecule has 36 heavy (non-hydrogen) atoms. The van der Waals surface area contributed by atoms with Crippen LogP contribution >= 0.6 is 0 Å². The van der Waals surface area contributed by atoms with Crippen molar-refractivity contribution in [2.24, 2.45) is 14.1 Å². The van der Waals surface area contributed by atoms with Crippen LogP contribution < -0.4 is 10.2 Å². The maximum absolute atomic E-state index is 5.55. The van der Waals surface area contributed by atoms with Gasteiger partial charge in [0, 0.05) is 61.6 Å². The molecule has 1 fully saturated rings. The van der Waals surface area contributed by atoms with Gasteiger partial charge in [0.1, 0.15) is 5.82 Å². The fraction of sp³-hybridized carbons (Fsp3) is 0.259. The molecule has 2 aromatic carbocycles. The van der Waals surface area contributed by atoms with Crippen LogP contribution in [0.1, 0.15) is 5.69 Å². The Morgan fingerprint density at radius 2 is 1.67 bits per heavy atom. The molecule has 0 radical (unpaired) electrons. The summed E-state index contributed by atoms with van der Waals surface area (Å²) in [7, 11) is 3.94. The number of hydrogen-bond acceptors (Lipinski definition) is 7. The van der Waals surface area contributed by atoms with Gasteiger partial charge in [-0.1, -0.05) is 24.3 Å². The number of imidazole rings is 1. The Kier molecular flexibility index (Phi) is 5.61. The zero-order valence-corrected chi connectivity index (χ0v) is 20.6. The van der Waals surface area contributed by atoms with E-state index in [9.17, 15) is 0 Å². The van der Waals surface area contributed by atoms with Crippen molar-refractivity contribution in [3.8, 4) is 22.5 Å². The summed E-state index contributed by atoms with van der Waals surface area (Å²) in [6.07, 6.45) is 3.82. The molecule has 5 aromatic rings. The number of nitrogens with one attached hydrogen (secondary N) is 1. The van der Waals surface area contributed by atoms with Crippen LogP contribution in [0.4, 0.5) is 17.5 Å². The van der Waals surface area contributed by atoms with Gasteiger partial charge in [-0.2, -0.15) is 10.1 Å². The van der Waals surface area contributed by atoms with Gasteiger partial charge in [-0.25, -0.2) is 9.97 Å². The van der Waals surface area contributed by atoms with Crippen LogP contribution in [0.5, 0.6) is 0 Å². The van der Waals surface area contributed by atoms with Gasteiger partial charge in [0.05, 0.1) is 42.1 Å². The van der Waals surface area contributed by atoms with Gasteiger partial charge >= 0.3 is 0 Å². The predicted octanol–water partition coefficient (Wildman–Crippen LogP) is 4.32. The number of ether oxygens (including phenoxy) is 1. The lowest BCUT2D eigenvalue weighted by Crippen LogP contribution is -2.37. The molecule has 0 spiro atoms. The van der Waals surface area contributed by atoms with E-state index in [-0.39, 0.29) is 0 Å². The normalized spacial score (nSPS) is 13.9. The van der Waals surface area contributed by atoms with Crippen LogP contribution in [-0.4, -0.2) is 55.6 Å². The number of morpholine rings is 1. The maximum atomic E-state index is 5.55. The number of fused-ring (bicyclic) bond motifs is 1. The SMILES string of the molecule is Cc1nn(C)c2cc(-c3cc(Nc4ccc(-c5cn(C)cn5)cc4)nc(N4CCOCC4)n3)ccc12. The first-order chi connectivity index (χ1) is 17.5. The van der Waals surface area contributed by atoms with Crippen LogP contribution in [0.25, 0.3) is 33.4 Å². The van der Waals surface area contributed by atoms with Gasteiger partial charge in [0.2, 0.25) is 5.95 Å². The average Bonchev–Trinajstić information content (AvgIpc) is 3.47. The highest BCUT2D eigenvalue weighted by Crippen LogP contribution is 2.29. The third-order valence-electron chi connectivity index (χ3n) is 6.50. The molecule has 0 unspecified atom stereocenters. The van der Waals surface area contributed by atoms with Gasteiger partial charge in [0.25, 0.3) is 0 Å². The van der Waals surface area contributed by atoms with Gasteiger partial charge in [-0.3, -0.25) is 4.68 Å². The third kappa shape index (κ3) is 4.29. The molecule has 0 atom stereocenters. The smallest absolute Gasteiger partial charge is 0.228 e. The van der Waals surface area contributed by atoms with Crippen molar-refractivity contribution >= 4 is 28.4 Å². The molecule has 0 bridgehead atoms. The van der Waals surface area contributed by atoms with Crippen LogP contribution in [0.3, 0.4) is 0 Å². The van der Waals surface area contributed by atoms with Crippen LogP contribution in [-0.2, 0) is 18.8 Å². The molecule has 182 valence electrons. The maximum Gasteiger partial charge on any atom is 0.228 e. The molecule has 1 saturated heterocycles. The van der Waals surface area contributed by atoms with Crippen molar-refractivity contribution in [1.29, 1.82) is 0 Å². The lowest BCUT2D eigenvalue weighted by atomic mass is 10.1. The Hall–Kier alpha value is -4.24. The van der Waals surface area contributed by atoms with Crippen LogP contribution in [0, 0.1) is 6.92 Å². The van der Waals surface area contributed by atoms with Crippen molar-refractivity contribution in [3.63, 3.8) is 0 Å². The molecule has 1 aliphatic heterocycles. The van der Waals surface area contributed by atoms with E-state index in [1.807, 2.05) is 54.7 Å². The zero-order chi connectivity index (χ0) is 24.6. The molecular weight excluding hydrogens is 452 g/mol. The largest absolute Gasteiger partial charge is 0.378 e. The quantitative estimate of drug-likeness (QED) is 0.401. The van der Waals surface area contributed by atoms with E-state index >= 15 is 0 Å². The highest BCUT2D eigenvalue weighted by Gasteiger charge is 2.17. The second-order valence-corrected chi connectivity index (χ2v) is 9.11. The zero-order valence-electron chi connectivity index (χ0n) is 20.6. The molecule has 0 aliphatic carbocycles. The highest BCUT2D eigenvalue weighted by atomic mass is 16.5. The van der Waals surface area contributed by atoms with E-state index < -0.39 is 0 Å². The van der Waals surface area contributed by atoms with Crippen molar-refractivity contribution in [3.05, 3.63) is 66.7 Å². The van der Waals surface area contributed by atoms with Crippen molar-refractivity contribution in [2.75, 3.05) is 36.5 Å². The third-order valence-corrected chi connectivity index (χ3v) is 6.50. The van der Waals surface area contributed by atoms with Gasteiger partial charge in [0.15, 0.2) is 0 Å². The standard InChI is InChI=1S/C27H28N8O/c1-18-22-9-6-20(14-25(22)34(3)32-18)23-15-26(31-27(30-23)35-10-12-36-13-11-35)29-21-7-4-19(5-8-21)24-16-33(2)17-28-24/h4-9,14-17H,10-13H2,1-3H3,(H,29,30,31). The van der Waals surface area contributed by atoms with Crippen LogP contribution in [0.15, 0.2) is 61.1 Å². The van der Waals surface area contributed by atoms with E-state index in [1.54, 1.807) is 6.33 Å². The minimum Gasteiger partial charge on any atom is -0.378 e. The van der Waals surface area contributed by atoms with E-state index in [2.05, 4.69) is 50.6 Å². The monoisotopic (exact) mass is 480 g/mol. The summed E-state index contributed by atoms with van der Waals surface area (Å²) in [6, 6.07) is 16.6. The van der Waals surface area contributed by atoms with E-state index in [1.165, 1.54) is 0 Å². The fourth-order valence-corrected chi connectivity index (χ4v) is 4.58. The topological polar surface area (TPSA) is 85.9 Å². The Bertz CT molecular complexity index is 1530. The minimum atomic E-state index is 0.672. The molecule has 6 rings (SSSR count). The summed E-state index contributed by atoms with van der Waals surface area (Å²) in [5.74, 6) is 1.44. The number of aryl methyl sites for hydroxylation is 3. The fourth-order valence-electron chi connectivity index (χ4n) is 4.58. The first kappa shape index (κ1) is 22.2. The molecule has 1 aliphatic rings. The summed E-state index contributed by atoms with van der Waals surface area (Å²) < 4.78 is 9.41. The first-order valence-electron chi connectivity index (χ1n) is 12.0. The molecule has 9 nitrogen and oxygen atoms in total. The molecule has 0 amide bonds. The predicted molar refractivity (Wildman–Crippen MR) is 141 cm³/mol. The number of benzene rings is 2. The molecule has 4 heterocycles. The minimum absolute atomic E-state index is 0.672. The number of rotatable bonds is 5. The summed E-state index contributed by atoms with van der Waals surface area (Å²) in [6.45, 7) is 4.91.